The average molecular weight is 155 g/mol. The van der Waals surface area contributed by atoms with Gasteiger partial charge in [-0.05, 0) is 32.1 Å². The fraction of sp³-hybridized carbons (Fsp3) is 1.00. The lowest BCUT2D eigenvalue weighted by Crippen LogP contribution is -2.37. The normalized spacial score (nSPS) is 35.2. The minimum Gasteiger partial charge on any atom is -0.356 e. The summed E-state index contributed by atoms with van der Waals surface area (Å²) in [6.45, 7) is 3.26. The van der Waals surface area contributed by atoms with Gasteiger partial charge < -0.3 is 4.74 Å². The first-order chi connectivity index (χ1) is 5.35. The van der Waals surface area contributed by atoms with E-state index in [2.05, 4.69) is 12.2 Å². The lowest BCUT2D eigenvalue weighted by molar-refractivity contribution is -0.0457. The molecule has 1 spiro atoms. The minimum absolute atomic E-state index is 0.112. The Morgan fingerprint density at radius 3 is 2.73 bits per heavy atom. The van der Waals surface area contributed by atoms with E-state index in [0.29, 0.717) is 6.10 Å². The number of hydrogen-bond donors (Lipinski definition) is 1. The van der Waals surface area contributed by atoms with Gasteiger partial charge >= 0.3 is 0 Å². The van der Waals surface area contributed by atoms with Gasteiger partial charge in [-0.1, -0.05) is 6.92 Å². The third kappa shape index (κ3) is 1.30. The van der Waals surface area contributed by atoms with Gasteiger partial charge in [0.15, 0.2) is 0 Å². The summed E-state index contributed by atoms with van der Waals surface area (Å²) in [7, 11) is 0. The van der Waals surface area contributed by atoms with Crippen LogP contribution >= 0.6 is 0 Å². The van der Waals surface area contributed by atoms with Crippen LogP contribution in [0.15, 0.2) is 0 Å². The van der Waals surface area contributed by atoms with Crippen molar-refractivity contribution >= 4 is 0 Å². The molecule has 64 valence electrons. The summed E-state index contributed by atoms with van der Waals surface area (Å²) >= 11 is 0. The van der Waals surface area contributed by atoms with Crippen LogP contribution in [0.5, 0.6) is 0 Å². The molecule has 2 heteroatoms. The van der Waals surface area contributed by atoms with E-state index in [4.69, 9.17) is 4.74 Å². The summed E-state index contributed by atoms with van der Waals surface area (Å²) in [5.41, 5.74) is 0.112. The van der Waals surface area contributed by atoms with Crippen molar-refractivity contribution in [2.75, 3.05) is 6.54 Å². The zero-order valence-corrected chi connectivity index (χ0v) is 7.23. The van der Waals surface area contributed by atoms with Crippen LogP contribution in [-0.2, 0) is 4.74 Å². The van der Waals surface area contributed by atoms with Gasteiger partial charge in [-0.15, -0.1) is 0 Å². The van der Waals surface area contributed by atoms with E-state index in [9.17, 15) is 0 Å². The number of nitrogens with one attached hydrogen (secondary N) is 1. The van der Waals surface area contributed by atoms with E-state index in [0.717, 1.165) is 13.0 Å². The summed E-state index contributed by atoms with van der Waals surface area (Å²) in [5, 5.41) is 3.51. The van der Waals surface area contributed by atoms with E-state index >= 15 is 0 Å². The van der Waals surface area contributed by atoms with Crippen molar-refractivity contribution in [1.82, 2.24) is 5.32 Å². The molecule has 0 aromatic heterocycles. The maximum absolute atomic E-state index is 5.95. The van der Waals surface area contributed by atoms with Gasteiger partial charge in [-0.3, -0.25) is 5.32 Å². The molecule has 11 heavy (non-hydrogen) atoms. The van der Waals surface area contributed by atoms with Crippen molar-refractivity contribution in [2.24, 2.45) is 0 Å². The Bertz CT molecular complexity index is 140. The Hall–Kier alpha value is -0.0800. The second-order valence-electron chi connectivity index (χ2n) is 3.73. The van der Waals surface area contributed by atoms with E-state index in [1.807, 2.05) is 0 Å². The molecule has 1 heterocycles. The molecule has 0 aromatic rings. The molecule has 1 saturated heterocycles. The van der Waals surface area contributed by atoms with Crippen LogP contribution < -0.4 is 5.32 Å². The molecule has 1 unspecified atom stereocenters. The predicted molar refractivity (Wildman–Crippen MR) is 44.4 cm³/mol. The molecule has 0 radical (unpaired) electrons. The van der Waals surface area contributed by atoms with Crippen LogP contribution in [0.4, 0.5) is 0 Å². The first-order valence-corrected chi connectivity index (χ1v) is 4.77. The highest BCUT2D eigenvalue weighted by Gasteiger charge is 2.40. The Morgan fingerprint density at radius 1 is 1.45 bits per heavy atom. The van der Waals surface area contributed by atoms with Gasteiger partial charge in [0, 0.05) is 6.54 Å². The molecular weight excluding hydrogens is 138 g/mol. The topological polar surface area (TPSA) is 21.3 Å². The molecule has 0 bridgehead atoms. The quantitative estimate of drug-likeness (QED) is 0.621. The molecule has 1 aliphatic heterocycles. The maximum Gasteiger partial charge on any atom is 0.119 e. The van der Waals surface area contributed by atoms with Crippen molar-refractivity contribution in [3.63, 3.8) is 0 Å². The van der Waals surface area contributed by atoms with E-state index < -0.39 is 0 Å². The van der Waals surface area contributed by atoms with E-state index in [1.165, 1.54) is 25.7 Å². The first kappa shape index (κ1) is 7.56. The first-order valence-electron chi connectivity index (χ1n) is 4.77. The van der Waals surface area contributed by atoms with Gasteiger partial charge in [0.1, 0.15) is 5.72 Å². The highest BCUT2D eigenvalue weighted by molar-refractivity contribution is 4.90. The van der Waals surface area contributed by atoms with E-state index in [-0.39, 0.29) is 5.72 Å². The second-order valence-corrected chi connectivity index (χ2v) is 3.73. The SMILES string of the molecule is CCC1CNC2(CCCC2)O1. The second kappa shape index (κ2) is 2.76. The fourth-order valence-corrected chi connectivity index (χ4v) is 2.17. The van der Waals surface area contributed by atoms with Crippen molar-refractivity contribution in [2.45, 2.75) is 50.9 Å². The summed E-state index contributed by atoms with van der Waals surface area (Å²) < 4.78 is 5.95. The maximum atomic E-state index is 5.95. The van der Waals surface area contributed by atoms with Crippen LogP contribution in [0.3, 0.4) is 0 Å². The van der Waals surface area contributed by atoms with Crippen LogP contribution in [0.2, 0.25) is 0 Å². The Labute approximate surface area is 68.3 Å². The molecule has 1 saturated carbocycles. The van der Waals surface area contributed by atoms with Crippen LogP contribution in [0.1, 0.15) is 39.0 Å². The number of ether oxygens (including phenoxy) is 1. The predicted octanol–water partition coefficient (Wildman–Crippen LogP) is 1.66. The van der Waals surface area contributed by atoms with E-state index in [1.54, 1.807) is 0 Å². The molecule has 2 fully saturated rings. The average Bonchev–Trinajstić information content (AvgIpc) is 2.62. The smallest absolute Gasteiger partial charge is 0.119 e. The number of hydrogen-bond acceptors (Lipinski definition) is 2. The zero-order chi connectivity index (χ0) is 7.73. The molecular formula is C9H17NO. The number of rotatable bonds is 1. The molecule has 1 atom stereocenters. The van der Waals surface area contributed by atoms with Gasteiger partial charge in [0.2, 0.25) is 0 Å². The third-order valence-electron chi connectivity index (χ3n) is 2.91. The molecule has 1 N–H and O–H groups in total. The van der Waals surface area contributed by atoms with Crippen LogP contribution in [-0.4, -0.2) is 18.4 Å². The fourth-order valence-electron chi connectivity index (χ4n) is 2.17. The molecule has 2 aliphatic rings. The largest absolute Gasteiger partial charge is 0.356 e. The third-order valence-corrected chi connectivity index (χ3v) is 2.91. The monoisotopic (exact) mass is 155 g/mol. The Balaban J connectivity index is 1.96. The summed E-state index contributed by atoms with van der Waals surface area (Å²) in [6.07, 6.45) is 6.75. The molecule has 0 amide bonds. The van der Waals surface area contributed by atoms with Gasteiger partial charge in [-0.2, -0.15) is 0 Å². The zero-order valence-electron chi connectivity index (χ0n) is 7.23. The van der Waals surface area contributed by atoms with Crippen molar-refractivity contribution < 1.29 is 4.74 Å². The lowest BCUT2D eigenvalue weighted by Gasteiger charge is -2.23. The standard InChI is InChI=1S/C9H17NO/c1-2-8-7-10-9(11-8)5-3-4-6-9/h8,10H,2-7H2,1H3. The van der Waals surface area contributed by atoms with Gasteiger partial charge in [0.05, 0.1) is 6.10 Å². The van der Waals surface area contributed by atoms with Crippen LogP contribution in [0.25, 0.3) is 0 Å². The Kier molecular flexibility index (Phi) is 1.90. The summed E-state index contributed by atoms with van der Waals surface area (Å²) in [6, 6.07) is 0. The Morgan fingerprint density at radius 2 is 2.18 bits per heavy atom. The summed E-state index contributed by atoms with van der Waals surface area (Å²) in [4.78, 5) is 0. The van der Waals surface area contributed by atoms with Gasteiger partial charge in [-0.25, -0.2) is 0 Å². The molecule has 2 rings (SSSR count). The molecule has 2 nitrogen and oxygen atoms in total. The van der Waals surface area contributed by atoms with Crippen molar-refractivity contribution in [1.29, 1.82) is 0 Å². The van der Waals surface area contributed by atoms with Gasteiger partial charge in [0.25, 0.3) is 0 Å². The highest BCUT2D eigenvalue weighted by Crippen LogP contribution is 2.35. The highest BCUT2D eigenvalue weighted by atomic mass is 16.5. The molecule has 1 aliphatic carbocycles. The van der Waals surface area contributed by atoms with Crippen molar-refractivity contribution in [3.8, 4) is 0 Å². The lowest BCUT2D eigenvalue weighted by atomic mass is 10.2. The minimum atomic E-state index is 0.112. The summed E-state index contributed by atoms with van der Waals surface area (Å²) in [5.74, 6) is 0. The van der Waals surface area contributed by atoms with Crippen LogP contribution in [0, 0.1) is 0 Å². The molecule has 0 aromatic carbocycles. The van der Waals surface area contributed by atoms with Crippen molar-refractivity contribution in [3.05, 3.63) is 0 Å².